The number of carbonyl (C=O) groups is 1. The third-order valence-electron chi connectivity index (χ3n) is 5.54. The zero-order chi connectivity index (χ0) is 25.0. The lowest BCUT2D eigenvalue weighted by molar-refractivity contribution is 0.0124. The van der Waals surface area contributed by atoms with Crippen LogP contribution in [0.3, 0.4) is 0 Å². The third kappa shape index (κ3) is 6.45. The van der Waals surface area contributed by atoms with E-state index in [1.165, 1.54) is 6.33 Å². The predicted octanol–water partition coefficient (Wildman–Crippen LogP) is 5.65. The summed E-state index contributed by atoms with van der Waals surface area (Å²) in [5.41, 5.74) is 1.10. The first-order valence-corrected chi connectivity index (χ1v) is 11.9. The first-order valence-electron chi connectivity index (χ1n) is 11.6. The molecule has 0 aliphatic carbocycles. The van der Waals surface area contributed by atoms with Gasteiger partial charge in [-0.25, -0.2) is 14.8 Å². The standard InChI is InChI=1S/C26H30ClN3O5/c1-26(2,3)35-25(31)30-10-8-19(9-11-30)34-23-13-20-21(14-22(23)32-4)28-16-29-24(20)33-15-17-6-5-7-18(27)12-17/h5-7,12-14,16,19H,8-11,15H2,1-4H3. The molecule has 0 bridgehead atoms. The number of amides is 1. The van der Waals surface area contributed by atoms with Crippen LogP contribution in [0.2, 0.25) is 5.02 Å². The summed E-state index contributed by atoms with van der Waals surface area (Å²) in [6, 6.07) is 11.2. The van der Waals surface area contributed by atoms with Crippen molar-refractivity contribution in [3.8, 4) is 17.4 Å². The minimum atomic E-state index is -0.516. The summed E-state index contributed by atoms with van der Waals surface area (Å²) in [6.45, 7) is 7.04. The van der Waals surface area contributed by atoms with Crippen molar-refractivity contribution in [3.63, 3.8) is 0 Å². The second-order valence-electron chi connectivity index (χ2n) is 9.40. The van der Waals surface area contributed by atoms with E-state index in [0.29, 0.717) is 60.5 Å². The van der Waals surface area contributed by atoms with Gasteiger partial charge in [-0.05, 0) is 44.5 Å². The minimum absolute atomic E-state index is 0.0690. The van der Waals surface area contributed by atoms with Crippen molar-refractivity contribution in [2.75, 3.05) is 20.2 Å². The van der Waals surface area contributed by atoms with Crippen molar-refractivity contribution in [2.45, 2.75) is 51.9 Å². The maximum Gasteiger partial charge on any atom is 0.410 e. The number of methoxy groups -OCH3 is 1. The molecule has 0 saturated carbocycles. The molecule has 8 nitrogen and oxygen atoms in total. The van der Waals surface area contributed by atoms with E-state index in [2.05, 4.69) is 9.97 Å². The molecule has 3 aromatic rings. The molecule has 186 valence electrons. The highest BCUT2D eigenvalue weighted by Crippen LogP contribution is 2.36. The minimum Gasteiger partial charge on any atom is -0.493 e. The molecule has 1 aromatic heterocycles. The Labute approximate surface area is 210 Å². The van der Waals surface area contributed by atoms with Crippen molar-refractivity contribution in [2.24, 2.45) is 0 Å². The smallest absolute Gasteiger partial charge is 0.410 e. The van der Waals surface area contributed by atoms with Crippen LogP contribution in [0, 0.1) is 0 Å². The summed E-state index contributed by atoms with van der Waals surface area (Å²) >= 11 is 6.08. The number of nitrogens with zero attached hydrogens (tertiary/aromatic N) is 3. The number of carbonyl (C=O) groups excluding carboxylic acids is 1. The maximum absolute atomic E-state index is 12.4. The van der Waals surface area contributed by atoms with E-state index < -0.39 is 5.60 Å². The van der Waals surface area contributed by atoms with Gasteiger partial charge in [0.25, 0.3) is 0 Å². The number of rotatable bonds is 6. The molecule has 1 aliphatic heterocycles. The number of hydrogen-bond donors (Lipinski definition) is 0. The quantitative estimate of drug-likeness (QED) is 0.433. The molecular weight excluding hydrogens is 470 g/mol. The molecule has 35 heavy (non-hydrogen) atoms. The van der Waals surface area contributed by atoms with Crippen molar-refractivity contribution in [1.29, 1.82) is 0 Å². The van der Waals surface area contributed by atoms with Crippen LogP contribution in [0.5, 0.6) is 17.4 Å². The number of likely N-dealkylation sites (tertiary alicyclic amines) is 1. The molecule has 0 radical (unpaired) electrons. The Morgan fingerprint density at radius 2 is 1.89 bits per heavy atom. The number of benzene rings is 2. The highest BCUT2D eigenvalue weighted by atomic mass is 35.5. The van der Waals surface area contributed by atoms with Gasteiger partial charge in [-0.2, -0.15) is 0 Å². The van der Waals surface area contributed by atoms with E-state index in [-0.39, 0.29) is 12.2 Å². The van der Waals surface area contributed by atoms with Crippen LogP contribution < -0.4 is 14.2 Å². The molecule has 1 fully saturated rings. The first-order chi connectivity index (χ1) is 16.7. The molecule has 0 unspecified atom stereocenters. The summed E-state index contributed by atoms with van der Waals surface area (Å²) in [7, 11) is 1.59. The summed E-state index contributed by atoms with van der Waals surface area (Å²) in [5.74, 6) is 1.60. The highest BCUT2D eigenvalue weighted by molar-refractivity contribution is 6.30. The molecule has 4 rings (SSSR count). The predicted molar refractivity (Wildman–Crippen MR) is 133 cm³/mol. The van der Waals surface area contributed by atoms with Crippen LogP contribution in [0.15, 0.2) is 42.7 Å². The molecule has 0 N–H and O–H groups in total. The maximum atomic E-state index is 12.4. The average Bonchev–Trinajstić information content (AvgIpc) is 2.82. The van der Waals surface area contributed by atoms with Gasteiger partial charge in [-0.3, -0.25) is 0 Å². The Morgan fingerprint density at radius 3 is 2.57 bits per heavy atom. The molecular formula is C26H30ClN3O5. The van der Waals surface area contributed by atoms with Crippen LogP contribution >= 0.6 is 11.6 Å². The number of halogens is 1. The Morgan fingerprint density at radius 1 is 1.11 bits per heavy atom. The molecule has 9 heteroatoms. The lowest BCUT2D eigenvalue weighted by Crippen LogP contribution is -2.44. The van der Waals surface area contributed by atoms with Gasteiger partial charge in [0.15, 0.2) is 11.5 Å². The zero-order valence-electron chi connectivity index (χ0n) is 20.4. The van der Waals surface area contributed by atoms with Crippen molar-refractivity contribution >= 4 is 28.6 Å². The Hall–Kier alpha value is -3.26. The first kappa shape index (κ1) is 24.9. The van der Waals surface area contributed by atoms with Gasteiger partial charge in [0.1, 0.15) is 24.6 Å². The van der Waals surface area contributed by atoms with E-state index >= 15 is 0 Å². The average molecular weight is 500 g/mol. The number of fused-ring (bicyclic) bond motifs is 1. The van der Waals surface area contributed by atoms with Crippen LogP contribution in [0.4, 0.5) is 4.79 Å². The number of piperidine rings is 1. The molecule has 0 spiro atoms. The zero-order valence-corrected chi connectivity index (χ0v) is 21.2. The van der Waals surface area contributed by atoms with Crippen LogP contribution in [0.25, 0.3) is 10.9 Å². The Kier molecular flexibility index (Phi) is 7.50. The summed E-state index contributed by atoms with van der Waals surface area (Å²) in [5, 5.41) is 1.37. The van der Waals surface area contributed by atoms with Crippen LogP contribution in [-0.2, 0) is 11.3 Å². The Balaban J connectivity index is 1.48. The third-order valence-corrected chi connectivity index (χ3v) is 5.77. The largest absolute Gasteiger partial charge is 0.493 e. The SMILES string of the molecule is COc1cc2ncnc(OCc3cccc(Cl)c3)c2cc1OC1CCN(C(=O)OC(C)(C)C)CC1. The van der Waals surface area contributed by atoms with E-state index in [4.69, 9.17) is 30.5 Å². The molecule has 1 amide bonds. The number of hydrogen-bond acceptors (Lipinski definition) is 7. The van der Waals surface area contributed by atoms with E-state index in [9.17, 15) is 4.79 Å². The fraction of sp³-hybridized carbons (Fsp3) is 0.423. The lowest BCUT2D eigenvalue weighted by Gasteiger charge is -2.33. The van der Waals surface area contributed by atoms with Crippen LogP contribution in [0.1, 0.15) is 39.2 Å². The van der Waals surface area contributed by atoms with Crippen molar-refractivity contribution < 1.29 is 23.7 Å². The van der Waals surface area contributed by atoms with Crippen LogP contribution in [-0.4, -0.2) is 52.9 Å². The fourth-order valence-corrected chi connectivity index (χ4v) is 4.06. The normalized spacial score (nSPS) is 14.6. The monoisotopic (exact) mass is 499 g/mol. The fourth-order valence-electron chi connectivity index (χ4n) is 3.85. The van der Waals surface area contributed by atoms with Gasteiger partial charge >= 0.3 is 6.09 Å². The summed E-state index contributed by atoms with van der Waals surface area (Å²) in [4.78, 5) is 22.8. The van der Waals surface area contributed by atoms with E-state index in [1.54, 1.807) is 12.0 Å². The molecule has 1 saturated heterocycles. The highest BCUT2D eigenvalue weighted by Gasteiger charge is 2.28. The molecule has 2 aromatic carbocycles. The van der Waals surface area contributed by atoms with Gasteiger partial charge < -0.3 is 23.8 Å². The number of ether oxygens (including phenoxy) is 4. The van der Waals surface area contributed by atoms with Crippen molar-refractivity contribution in [3.05, 3.63) is 53.3 Å². The van der Waals surface area contributed by atoms with Gasteiger partial charge in [-0.1, -0.05) is 23.7 Å². The Bertz CT molecular complexity index is 1190. The van der Waals surface area contributed by atoms with E-state index in [0.717, 1.165) is 10.9 Å². The second-order valence-corrected chi connectivity index (χ2v) is 9.84. The number of aromatic nitrogens is 2. The van der Waals surface area contributed by atoms with Gasteiger partial charge in [0.2, 0.25) is 5.88 Å². The van der Waals surface area contributed by atoms with Gasteiger partial charge in [-0.15, -0.1) is 0 Å². The lowest BCUT2D eigenvalue weighted by atomic mass is 10.1. The van der Waals surface area contributed by atoms with Gasteiger partial charge in [0, 0.05) is 37.0 Å². The second kappa shape index (κ2) is 10.6. The molecule has 1 aliphatic rings. The summed E-state index contributed by atoms with van der Waals surface area (Å²) in [6.07, 6.45) is 2.47. The molecule has 2 heterocycles. The van der Waals surface area contributed by atoms with E-state index in [1.807, 2.05) is 57.2 Å². The molecule has 0 atom stereocenters. The van der Waals surface area contributed by atoms with Gasteiger partial charge in [0.05, 0.1) is 18.0 Å². The summed E-state index contributed by atoms with van der Waals surface area (Å²) < 4.78 is 23.4. The topological polar surface area (TPSA) is 83.0 Å². The van der Waals surface area contributed by atoms with Crippen molar-refractivity contribution in [1.82, 2.24) is 14.9 Å².